The van der Waals surface area contributed by atoms with Gasteiger partial charge in [-0.05, 0) is 37.6 Å². The SMILES string of the molecule is CCC(C)(CN)Nc1ccc(S(=O)(=O)C(F)(F)F)cc1. The van der Waals surface area contributed by atoms with Crippen LogP contribution >= 0.6 is 0 Å². The van der Waals surface area contributed by atoms with Crippen molar-refractivity contribution >= 4 is 15.5 Å². The standard InChI is InChI=1S/C12H17F3N2O2S/c1-3-11(2,8-16)17-9-4-6-10(7-5-9)20(18,19)12(13,14)15/h4-7,17H,3,8,16H2,1-2H3. The normalized spacial score (nSPS) is 15.7. The fourth-order valence-electron chi connectivity index (χ4n) is 1.48. The molecule has 0 spiro atoms. The van der Waals surface area contributed by atoms with Crippen LogP contribution in [-0.4, -0.2) is 26.0 Å². The van der Waals surface area contributed by atoms with Gasteiger partial charge in [0.15, 0.2) is 0 Å². The fourth-order valence-corrected chi connectivity index (χ4v) is 2.24. The van der Waals surface area contributed by atoms with Crippen molar-refractivity contribution in [3.63, 3.8) is 0 Å². The number of rotatable bonds is 5. The van der Waals surface area contributed by atoms with Gasteiger partial charge in [-0.15, -0.1) is 0 Å². The van der Waals surface area contributed by atoms with Crippen molar-refractivity contribution in [3.8, 4) is 0 Å². The van der Waals surface area contributed by atoms with Crippen LogP contribution in [0.15, 0.2) is 29.2 Å². The van der Waals surface area contributed by atoms with E-state index in [0.29, 0.717) is 18.7 Å². The molecule has 0 amide bonds. The number of alkyl halides is 3. The summed E-state index contributed by atoms with van der Waals surface area (Å²) < 4.78 is 59.5. The smallest absolute Gasteiger partial charge is 0.379 e. The molecule has 0 heterocycles. The van der Waals surface area contributed by atoms with Crippen molar-refractivity contribution in [2.24, 2.45) is 5.73 Å². The first kappa shape index (κ1) is 16.8. The second-order valence-corrected chi connectivity index (χ2v) is 6.66. The van der Waals surface area contributed by atoms with Gasteiger partial charge in [-0.3, -0.25) is 0 Å². The first-order valence-electron chi connectivity index (χ1n) is 5.95. The van der Waals surface area contributed by atoms with Gasteiger partial charge < -0.3 is 11.1 Å². The van der Waals surface area contributed by atoms with Crippen LogP contribution < -0.4 is 11.1 Å². The molecular formula is C12H17F3N2O2S. The molecule has 0 saturated heterocycles. The van der Waals surface area contributed by atoms with E-state index in [4.69, 9.17) is 5.73 Å². The molecule has 0 aliphatic carbocycles. The van der Waals surface area contributed by atoms with Gasteiger partial charge in [0, 0.05) is 17.8 Å². The Balaban J connectivity index is 3.02. The minimum absolute atomic E-state index is 0.339. The lowest BCUT2D eigenvalue weighted by Gasteiger charge is -2.29. The molecule has 0 fully saturated rings. The maximum atomic E-state index is 12.4. The van der Waals surface area contributed by atoms with Crippen molar-refractivity contribution in [2.75, 3.05) is 11.9 Å². The molecule has 0 aliphatic heterocycles. The van der Waals surface area contributed by atoms with E-state index < -0.39 is 25.8 Å². The third-order valence-electron chi connectivity index (χ3n) is 3.15. The average molecular weight is 310 g/mol. The Morgan fingerprint density at radius 1 is 1.20 bits per heavy atom. The molecule has 0 aliphatic rings. The molecule has 8 heteroatoms. The van der Waals surface area contributed by atoms with E-state index in [1.54, 1.807) is 0 Å². The molecule has 1 aromatic rings. The van der Waals surface area contributed by atoms with Crippen LogP contribution in [0.4, 0.5) is 18.9 Å². The molecule has 1 unspecified atom stereocenters. The summed E-state index contributed by atoms with van der Waals surface area (Å²) in [5.74, 6) is 0. The number of hydrogen-bond acceptors (Lipinski definition) is 4. The van der Waals surface area contributed by atoms with Gasteiger partial charge in [0.25, 0.3) is 9.84 Å². The first-order valence-corrected chi connectivity index (χ1v) is 7.44. The van der Waals surface area contributed by atoms with Crippen molar-refractivity contribution in [2.45, 2.75) is 36.2 Å². The number of hydrogen-bond donors (Lipinski definition) is 2. The first-order chi connectivity index (χ1) is 9.05. The maximum Gasteiger partial charge on any atom is 0.501 e. The highest BCUT2D eigenvalue weighted by Crippen LogP contribution is 2.31. The summed E-state index contributed by atoms with van der Waals surface area (Å²) in [7, 11) is -5.30. The Morgan fingerprint density at radius 3 is 2.05 bits per heavy atom. The molecule has 0 saturated carbocycles. The van der Waals surface area contributed by atoms with E-state index in [1.165, 1.54) is 12.1 Å². The van der Waals surface area contributed by atoms with Crippen LogP contribution in [0, 0.1) is 0 Å². The van der Waals surface area contributed by atoms with E-state index >= 15 is 0 Å². The van der Waals surface area contributed by atoms with Gasteiger partial charge in [0.05, 0.1) is 4.90 Å². The lowest BCUT2D eigenvalue weighted by Crippen LogP contribution is -2.41. The van der Waals surface area contributed by atoms with E-state index in [0.717, 1.165) is 12.1 Å². The highest BCUT2D eigenvalue weighted by atomic mass is 32.2. The number of nitrogens with two attached hydrogens (primary N) is 1. The topological polar surface area (TPSA) is 72.2 Å². The van der Waals surface area contributed by atoms with E-state index in [2.05, 4.69) is 5.32 Å². The molecule has 114 valence electrons. The molecule has 0 radical (unpaired) electrons. The average Bonchev–Trinajstić information content (AvgIpc) is 2.38. The predicted molar refractivity (Wildman–Crippen MR) is 71.1 cm³/mol. The number of sulfone groups is 1. The summed E-state index contributed by atoms with van der Waals surface area (Å²) in [5.41, 5.74) is 0.436. The number of anilines is 1. The van der Waals surface area contributed by atoms with Gasteiger partial charge in [0.1, 0.15) is 0 Å². The van der Waals surface area contributed by atoms with Crippen molar-refractivity contribution in [1.82, 2.24) is 0 Å². The van der Waals surface area contributed by atoms with Gasteiger partial charge >= 0.3 is 5.51 Å². The Morgan fingerprint density at radius 2 is 1.70 bits per heavy atom. The zero-order valence-corrected chi connectivity index (χ0v) is 12.0. The molecular weight excluding hydrogens is 293 g/mol. The van der Waals surface area contributed by atoms with Crippen molar-refractivity contribution in [3.05, 3.63) is 24.3 Å². The van der Waals surface area contributed by atoms with E-state index in [1.807, 2.05) is 13.8 Å². The lowest BCUT2D eigenvalue weighted by atomic mass is 9.99. The van der Waals surface area contributed by atoms with Crippen molar-refractivity contribution in [1.29, 1.82) is 0 Å². The van der Waals surface area contributed by atoms with Crippen LogP contribution in [0.25, 0.3) is 0 Å². The third kappa shape index (κ3) is 3.43. The highest BCUT2D eigenvalue weighted by molar-refractivity contribution is 7.92. The number of benzene rings is 1. The van der Waals surface area contributed by atoms with Gasteiger partial charge in [-0.2, -0.15) is 13.2 Å². The summed E-state index contributed by atoms with van der Waals surface area (Å²) in [5, 5.41) is 3.07. The second kappa shape index (κ2) is 5.61. The Kier molecular flexibility index (Phi) is 4.70. The number of nitrogens with one attached hydrogen (secondary N) is 1. The van der Waals surface area contributed by atoms with Crippen LogP contribution in [0.2, 0.25) is 0 Å². The third-order valence-corrected chi connectivity index (χ3v) is 4.65. The molecule has 1 atom stereocenters. The predicted octanol–water partition coefficient (Wildman–Crippen LogP) is 2.52. The minimum Gasteiger partial charge on any atom is -0.379 e. The fraction of sp³-hybridized carbons (Fsp3) is 0.500. The summed E-state index contributed by atoms with van der Waals surface area (Å²) in [4.78, 5) is -0.776. The molecule has 3 N–H and O–H groups in total. The van der Waals surface area contributed by atoms with Crippen molar-refractivity contribution < 1.29 is 21.6 Å². The van der Waals surface area contributed by atoms with Crippen LogP contribution in [0.5, 0.6) is 0 Å². The largest absolute Gasteiger partial charge is 0.501 e. The highest BCUT2D eigenvalue weighted by Gasteiger charge is 2.46. The van der Waals surface area contributed by atoms with Crippen LogP contribution in [0.1, 0.15) is 20.3 Å². The molecule has 0 aromatic heterocycles. The Labute approximate surface area is 116 Å². The summed E-state index contributed by atoms with van der Waals surface area (Å²) in [6, 6.07) is 4.44. The molecule has 20 heavy (non-hydrogen) atoms. The minimum atomic E-state index is -5.30. The van der Waals surface area contributed by atoms with E-state index in [-0.39, 0.29) is 0 Å². The Hall–Kier alpha value is -1.28. The maximum absolute atomic E-state index is 12.4. The second-order valence-electron chi connectivity index (χ2n) is 4.72. The monoisotopic (exact) mass is 310 g/mol. The van der Waals surface area contributed by atoms with E-state index in [9.17, 15) is 21.6 Å². The number of halogens is 3. The summed E-state index contributed by atoms with van der Waals surface area (Å²) in [6.07, 6.45) is 0.714. The van der Waals surface area contributed by atoms with Gasteiger partial charge in [-0.25, -0.2) is 8.42 Å². The molecule has 4 nitrogen and oxygen atoms in total. The summed E-state index contributed by atoms with van der Waals surface area (Å²) in [6.45, 7) is 4.13. The van der Waals surface area contributed by atoms with Crippen LogP contribution in [0.3, 0.4) is 0 Å². The van der Waals surface area contributed by atoms with Gasteiger partial charge in [0.2, 0.25) is 0 Å². The summed E-state index contributed by atoms with van der Waals surface area (Å²) >= 11 is 0. The lowest BCUT2D eigenvalue weighted by molar-refractivity contribution is -0.0436. The zero-order chi connectivity index (χ0) is 15.6. The zero-order valence-electron chi connectivity index (χ0n) is 11.2. The molecule has 1 aromatic carbocycles. The quantitative estimate of drug-likeness (QED) is 0.876. The molecule has 1 rings (SSSR count). The Bertz CT molecular complexity index is 549. The van der Waals surface area contributed by atoms with Crippen LogP contribution in [-0.2, 0) is 9.84 Å². The molecule has 0 bridgehead atoms. The van der Waals surface area contributed by atoms with Gasteiger partial charge in [-0.1, -0.05) is 6.92 Å².